The zero-order valence-corrected chi connectivity index (χ0v) is 10.4. The second kappa shape index (κ2) is 6.19. The van der Waals surface area contributed by atoms with Gasteiger partial charge in [0, 0.05) is 12.3 Å². The topological polar surface area (TPSA) is 87.7 Å². The van der Waals surface area contributed by atoms with Gasteiger partial charge >= 0.3 is 12.0 Å². The monoisotopic (exact) mass is 264 g/mol. The number of carboxylic acids is 1. The second-order valence-corrected chi connectivity index (χ2v) is 4.37. The third-order valence-corrected chi connectivity index (χ3v) is 2.79. The van der Waals surface area contributed by atoms with Gasteiger partial charge in [-0.1, -0.05) is 12.1 Å². The molecular weight excluding hydrogens is 248 g/mol. The maximum absolute atomic E-state index is 11.6. The van der Waals surface area contributed by atoms with Crippen LogP contribution in [0.5, 0.6) is 0 Å². The van der Waals surface area contributed by atoms with Gasteiger partial charge in [-0.2, -0.15) is 0 Å². The Kier molecular flexibility index (Phi) is 4.35. The molecule has 1 saturated heterocycles. The molecule has 1 aromatic rings. The van der Waals surface area contributed by atoms with Crippen LogP contribution in [0.4, 0.5) is 10.5 Å². The van der Waals surface area contributed by atoms with Crippen LogP contribution in [0.2, 0.25) is 0 Å². The van der Waals surface area contributed by atoms with E-state index < -0.39 is 5.97 Å². The summed E-state index contributed by atoms with van der Waals surface area (Å²) < 4.78 is 5.29. The molecule has 0 bridgehead atoms. The van der Waals surface area contributed by atoms with E-state index in [1.807, 2.05) is 0 Å². The van der Waals surface area contributed by atoms with Crippen molar-refractivity contribution in [1.82, 2.24) is 5.32 Å². The molecule has 6 nitrogen and oxygen atoms in total. The quantitative estimate of drug-likeness (QED) is 0.770. The number of hydrogen-bond acceptors (Lipinski definition) is 3. The Labute approximate surface area is 110 Å². The lowest BCUT2D eigenvalue weighted by Gasteiger charge is -2.12. The number of carbonyl (C=O) groups excluding carboxylic acids is 1. The fourth-order valence-electron chi connectivity index (χ4n) is 1.89. The van der Waals surface area contributed by atoms with Crippen molar-refractivity contribution in [2.75, 3.05) is 11.9 Å². The van der Waals surface area contributed by atoms with E-state index in [4.69, 9.17) is 9.84 Å². The van der Waals surface area contributed by atoms with Crippen molar-refractivity contribution < 1.29 is 19.4 Å². The van der Waals surface area contributed by atoms with E-state index in [0.29, 0.717) is 17.9 Å². The van der Waals surface area contributed by atoms with Gasteiger partial charge in [0.2, 0.25) is 0 Å². The van der Waals surface area contributed by atoms with Gasteiger partial charge < -0.3 is 20.5 Å². The van der Waals surface area contributed by atoms with E-state index >= 15 is 0 Å². The van der Waals surface area contributed by atoms with Gasteiger partial charge in [-0.05, 0) is 30.5 Å². The molecule has 1 fully saturated rings. The number of ether oxygens (including phenoxy) is 1. The standard InChI is InChI=1S/C13H16N2O4/c16-12(17)8-9-3-5-10(6-4-9)14-13(18)15-11-2-1-7-19-11/h3-6,11H,1-2,7-8H2,(H,16,17)(H2,14,15,18). The highest BCUT2D eigenvalue weighted by molar-refractivity contribution is 5.89. The van der Waals surface area contributed by atoms with Gasteiger partial charge in [-0.3, -0.25) is 4.79 Å². The maximum Gasteiger partial charge on any atom is 0.321 e. The number of carboxylic acid groups (broad SMARTS) is 1. The largest absolute Gasteiger partial charge is 0.481 e. The maximum atomic E-state index is 11.6. The predicted molar refractivity (Wildman–Crippen MR) is 68.9 cm³/mol. The summed E-state index contributed by atoms with van der Waals surface area (Å²) in [5.74, 6) is -0.878. The number of anilines is 1. The Morgan fingerprint density at radius 2 is 2.05 bits per heavy atom. The van der Waals surface area contributed by atoms with Crippen LogP contribution in [-0.2, 0) is 16.0 Å². The number of urea groups is 1. The number of benzene rings is 1. The number of hydrogen-bond donors (Lipinski definition) is 3. The molecule has 102 valence electrons. The third kappa shape index (κ3) is 4.26. The molecule has 19 heavy (non-hydrogen) atoms. The van der Waals surface area contributed by atoms with Gasteiger partial charge in [-0.15, -0.1) is 0 Å². The first kappa shape index (κ1) is 13.4. The molecule has 2 rings (SSSR count). The van der Waals surface area contributed by atoms with Crippen LogP contribution in [0.15, 0.2) is 24.3 Å². The minimum atomic E-state index is -0.878. The van der Waals surface area contributed by atoms with E-state index in [-0.39, 0.29) is 18.7 Å². The summed E-state index contributed by atoms with van der Waals surface area (Å²) in [6, 6.07) is 6.38. The van der Waals surface area contributed by atoms with Crippen molar-refractivity contribution in [1.29, 1.82) is 0 Å². The molecule has 1 aromatic carbocycles. The molecule has 3 N–H and O–H groups in total. The van der Waals surface area contributed by atoms with Crippen LogP contribution in [0.1, 0.15) is 18.4 Å². The van der Waals surface area contributed by atoms with Crippen molar-refractivity contribution in [3.8, 4) is 0 Å². The van der Waals surface area contributed by atoms with E-state index in [1.165, 1.54) is 0 Å². The zero-order chi connectivity index (χ0) is 13.7. The van der Waals surface area contributed by atoms with Crippen molar-refractivity contribution in [3.05, 3.63) is 29.8 Å². The molecule has 1 atom stereocenters. The molecule has 2 amide bonds. The Bertz CT molecular complexity index is 452. The fraction of sp³-hybridized carbons (Fsp3) is 0.385. The van der Waals surface area contributed by atoms with Crippen LogP contribution >= 0.6 is 0 Å². The van der Waals surface area contributed by atoms with E-state index in [1.54, 1.807) is 24.3 Å². The number of aliphatic carboxylic acids is 1. The number of rotatable bonds is 4. The zero-order valence-electron chi connectivity index (χ0n) is 10.4. The van der Waals surface area contributed by atoms with Gasteiger partial charge in [0.1, 0.15) is 6.23 Å². The van der Waals surface area contributed by atoms with Crippen LogP contribution in [0.3, 0.4) is 0 Å². The molecule has 0 spiro atoms. The summed E-state index contributed by atoms with van der Waals surface area (Å²) in [5.41, 5.74) is 1.31. The Hall–Kier alpha value is -2.08. The summed E-state index contributed by atoms with van der Waals surface area (Å²) in [5, 5.41) is 14.0. The average Bonchev–Trinajstić information content (AvgIpc) is 2.83. The molecule has 0 aromatic heterocycles. The Morgan fingerprint density at radius 1 is 1.32 bits per heavy atom. The Balaban J connectivity index is 1.84. The van der Waals surface area contributed by atoms with Crippen LogP contribution in [-0.4, -0.2) is 29.9 Å². The van der Waals surface area contributed by atoms with E-state index in [9.17, 15) is 9.59 Å². The van der Waals surface area contributed by atoms with Gasteiger partial charge in [0.15, 0.2) is 0 Å². The first-order chi connectivity index (χ1) is 9.13. The normalized spacial score (nSPS) is 18.0. The molecule has 0 aliphatic carbocycles. The molecule has 1 unspecified atom stereocenters. The average molecular weight is 264 g/mol. The highest BCUT2D eigenvalue weighted by atomic mass is 16.5. The first-order valence-corrected chi connectivity index (χ1v) is 6.13. The Morgan fingerprint density at radius 3 is 2.63 bits per heavy atom. The van der Waals surface area contributed by atoms with Crippen LogP contribution < -0.4 is 10.6 Å². The SMILES string of the molecule is O=C(O)Cc1ccc(NC(=O)NC2CCCO2)cc1. The molecule has 1 heterocycles. The number of nitrogens with one attached hydrogen (secondary N) is 2. The minimum absolute atomic E-state index is 0.0254. The molecule has 0 radical (unpaired) electrons. The molecule has 6 heteroatoms. The highest BCUT2D eigenvalue weighted by Crippen LogP contribution is 2.12. The van der Waals surface area contributed by atoms with Gasteiger partial charge in [0.05, 0.1) is 6.42 Å². The first-order valence-electron chi connectivity index (χ1n) is 6.13. The smallest absolute Gasteiger partial charge is 0.321 e. The molecule has 1 aliphatic heterocycles. The summed E-state index contributed by atoms with van der Waals surface area (Å²) in [7, 11) is 0. The van der Waals surface area contributed by atoms with Crippen LogP contribution in [0.25, 0.3) is 0 Å². The van der Waals surface area contributed by atoms with Crippen molar-refractivity contribution in [2.45, 2.75) is 25.5 Å². The summed E-state index contributed by atoms with van der Waals surface area (Å²) in [4.78, 5) is 22.2. The fourth-order valence-corrected chi connectivity index (χ4v) is 1.89. The highest BCUT2D eigenvalue weighted by Gasteiger charge is 2.17. The summed E-state index contributed by atoms with van der Waals surface area (Å²) in [6.07, 6.45) is 1.54. The van der Waals surface area contributed by atoms with E-state index in [0.717, 1.165) is 12.8 Å². The lowest BCUT2D eigenvalue weighted by Crippen LogP contribution is -2.37. The van der Waals surface area contributed by atoms with Gasteiger partial charge in [0.25, 0.3) is 0 Å². The lowest BCUT2D eigenvalue weighted by atomic mass is 10.1. The van der Waals surface area contributed by atoms with E-state index in [2.05, 4.69) is 10.6 Å². The third-order valence-electron chi connectivity index (χ3n) is 2.79. The predicted octanol–water partition coefficient (Wildman–Crippen LogP) is 1.57. The lowest BCUT2D eigenvalue weighted by molar-refractivity contribution is -0.136. The van der Waals surface area contributed by atoms with Crippen molar-refractivity contribution in [2.24, 2.45) is 0 Å². The second-order valence-electron chi connectivity index (χ2n) is 4.37. The molecular formula is C13H16N2O4. The summed E-state index contributed by atoms with van der Waals surface area (Å²) in [6.45, 7) is 0.675. The number of carbonyl (C=O) groups is 2. The summed E-state index contributed by atoms with van der Waals surface area (Å²) >= 11 is 0. The molecule has 0 saturated carbocycles. The number of amides is 2. The molecule has 1 aliphatic rings. The minimum Gasteiger partial charge on any atom is -0.481 e. The van der Waals surface area contributed by atoms with Crippen molar-refractivity contribution in [3.63, 3.8) is 0 Å². The van der Waals surface area contributed by atoms with Crippen LogP contribution in [0, 0.1) is 0 Å². The van der Waals surface area contributed by atoms with Gasteiger partial charge in [-0.25, -0.2) is 4.79 Å². The van der Waals surface area contributed by atoms with Crippen molar-refractivity contribution >= 4 is 17.7 Å².